The van der Waals surface area contributed by atoms with Gasteiger partial charge in [0, 0.05) is 25.8 Å². The first-order chi connectivity index (χ1) is 11.1. The molecule has 1 aromatic heterocycles. The monoisotopic (exact) mass is 317 g/mol. The molecule has 1 aromatic carbocycles. The SMILES string of the molecule is CN(Cc1ccccc1)Cc1cn(C[C@@H]2NC[C@@H](O)[C@H]2O)nn1. The summed E-state index contributed by atoms with van der Waals surface area (Å²) in [5.74, 6) is 0. The molecule has 1 aliphatic rings. The van der Waals surface area contributed by atoms with Crippen molar-refractivity contribution in [2.45, 2.75) is 37.9 Å². The second-order valence-corrected chi connectivity index (χ2v) is 6.16. The molecule has 0 spiro atoms. The normalized spacial score (nSPS) is 24.4. The van der Waals surface area contributed by atoms with Crippen molar-refractivity contribution in [3.05, 3.63) is 47.8 Å². The highest BCUT2D eigenvalue weighted by atomic mass is 16.3. The number of β-amino-alcohol motifs (C(OH)–C–C–N with tert-alkyl or cyclic N) is 1. The molecule has 0 saturated carbocycles. The fourth-order valence-electron chi connectivity index (χ4n) is 2.88. The lowest BCUT2D eigenvalue weighted by Crippen LogP contribution is -2.36. The van der Waals surface area contributed by atoms with Crippen LogP contribution in [0.4, 0.5) is 0 Å². The summed E-state index contributed by atoms with van der Waals surface area (Å²) in [6.45, 7) is 2.46. The predicted octanol–water partition coefficient (Wildman–Crippen LogP) is -0.396. The summed E-state index contributed by atoms with van der Waals surface area (Å²) in [5.41, 5.74) is 2.14. The molecule has 0 aliphatic carbocycles. The van der Waals surface area contributed by atoms with Crippen LogP contribution in [0, 0.1) is 0 Å². The third-order valence-electron chi connectivity index (χ3n) is 4.09. The van der Waals surface area contributed by atoms with Crippen LogP contribution in [0.15, 0.2) is 36.5 Å². The summed E-state index contributed by atoms with van der Waals surface area (Å²) in [4.78, 5) is 2.18. The van der Waals surface area contributed by atoms with Gasteiger partial charge in [0.1, 0.15) is 0 Å². The van der Waals surface area contributed by atoms with Gasteiger partial charge in [-0.25, -0.2) is 0 Å². The Hall–Kier alpha value is -1.80. The minimum Gasteiger partial charge on any atom is -0.389 e. The molecule has 0 radical (unpaired) electrons. The molecular formula is C16H23N5O2. The lowest BCUT2D eigenvalue weighted by atomic mass is 10.1. The molecule has 3 N–H and O–H groups in total. The highest BCUT2D eigenvalue weighted by Crippen LogP contribution is 2.10. The first kappa shape index (κ1) is 16.1. The molecule has 124 valence electrons. The second kappa shape index (κ2) is 7.18. The highest BCUT2D eigenvalue weighted by Gasteiger charge is 2.33. The minimum absolute atomic E-state index is 0.193. The topological polar surface area (TPSA) is 86.4 Å². The van der Waals surface area contributed by atoms with Gasteiger partial charge in [0.15, 0.2) is 0 Å². The van der Waals surface area contributed by atoms with Crippen molar-refractivity contribution < 1.29 is 10.2 Å². The van der Waals surface area contributed by atoms with Gasteiger partial charge in [-0.3, -0.25) is 9.58 Å². The molecule has 3 rings (SSSR count). The zero-order valence-corrected chi connectivity index (χ0v) is 13.2. The molecule has 0 bridgehead atoms. The molecule has 3 atom stereocenters. The maximum absolute atomic E-state index is 9.85. The molecular weight excluding hydrogens is 294 g/mol. The van der Waals surface area contributed by atoms with Crippen molar-refractivity contribution in [1.82, 2.24) is 25.2 Å². The second-order valence-electron chi connectivity index (χ2n) is 6.16. The fraction of sp³-hybridized carbons (Fsp3) is 0.500. The van der Waals surface area contributed by atoms with Crippen LogP contribution >= 0.6 is 0 Å². The quantitative estimate of drug-likeness (QED) is 0.672. The lowest BCUT2D eigenvalue weighted by molar-refractivity contribution is 0.0372. The van der Waals surface area contributed by atoms with E-state index in [1.54, 1.807) is 4.68 Å². The van der Waals surface area contributed by atoms with E-state index in [-0.39, 0.29) is 6.04 Å². The number of nitrogens with one attached hydrogen (secondary N) is 1. The average Bonchev–Trinajstić information content (AvgIpc) is 3.10. The minimum atomic E-state index is -0.761. The van der Waals surface area contributed by atoms with Crippen LogP contribution in [0.25, 0.3) is 0 Å². The zero-order valence-electron chi connectivity index (χ0n) is 13.2. The van der Waals surface area contributed by atoms with E-state index in [4.69, 9.17) is 0 Å². The Balaban J connectivity index is 1.53. The summed E-state index contributed by atoms with van der Waals surface area (Å²) in [6.07, 6.45) is 0.420. The van der Waals surface area contributed by atoms with Crippen LogP contribution in [0.3, 0.4) is 0 Å². The van der Waals surface area contributed by atoms with E-state index in [2.05, 4.69) is 32.7 Å². The largest absolute Gasteiger partial charge is 0.389 e. The van der Waals surface area contributed by atoms with E-state index in [1.165, 1.54) is 5.56 Å². The van der Waals surface area contributed by atoms with Crippen LogP contribution in [0.2, 0.25) is 0 Å². The van der Waals surface area contributed by atoms with E-state index in [0.717, 1.165) is 12.2 Å². The number of aliphatic hydroxyl groups is 2. The molecule has 7 heteroatoms. The number of hydrogen-bond donors (Lipinski definition) is 3. The maximum Gasteiger partial charge on any atom is 0.0982 e. The van der Waals surface area contributed by atoms with Crippen molar-refractivity contribution in [3.63, 3.8) is 0 Å². The van der Waals surface area contributed by atoms with Crippen molar-refractivity contribution in [1.29, 1.82) is 0 Å². The van der Waals surface area contributed by atoms with E-state index >= 15 is 0 Å². The van der Waals surface area contributed by atoms with Crippen molar-refractivity contribution in [3.8, 4) is 0 Å². The maximum atomic E-state index is 9.85. The van der Waals surface area contributed by atoms with E-state index in [9.17, 15) is 10.2 Å². The summed E-state index contributed by atoms with van der Waals surface area (Å²) in [5, 5.41) is 30.8. The van der Waals surface area contributed by atoms with Crippen LogP contribution in [0.1, 0.15) is 11.3 Å². The van der Waals surface area contributed by atoms with Gasteiger partial charge in [0.2, 0.25) is 0 Å². The molecule has 7 nitrogen and oxygen atoms in total. The first-order valence-electron chi connectivity index (χ1n) is 7.83. The Morgan fingerprint density at radius 3 is 2.74 bits per heavy atom. The molecule has 1 fully saturated rings. The summed E-state index contributed by atoms with van der Waals surface area (Å²) < 4.78 is 1.71. The van der Waals surface area contributed by atoms with Gasteiger partial charge in [0.25, 0.3) is 0 Å². The Labute approximate surface area is 135 Å². The standard InChI is InChI=1S/C16H23N5O2/c1-20(8-12-5-3-2-4-6-12)9-13-10-21(19-18-13)11-14-16(23)15(22)7-17-14/h2-6,10,14-17,22-23H,7-9,11H2,1H3/t14-,15+,16-/m0/s1. The van der Waals surface area contributed by atoms with E-state index < -0.39 is 12.2 Å². The van der Waals surface area contributed by atoms with Crippen molar-refractivity contribution >= 4 is 0 Å². The third-order valence-corrected chi connectivity index (χ3v) is 4.09. The number of rotatable bonds is 6. The lowest BCUT2D eigenvalue weighted by Gasteiger charge is -2.15. The average molecular weight is 317 g/mol. The van der Waals surface area contributed by atoms with Gasteiger partial charge in [-0.2, -0.15) is 0 Å². The molecule has 23 heavy (non-hydrogen) atoms. The fourth-order valence-corrected chi connectivity index (χ4v) is 2.88. The first-order valence-corrected chi connectivity index (χ1v) is 7.83. The highest BCUT2D eigenvalue weighted by molar-refractivity contribution is 5.14. The smallest absolute Gasteiger partial charge is 0.0982 e. The summed E-state index contributed by atoms with van der Waals surface area (Å²) in [6, 6.07) is 10.1. The number of aliphatic hydroxyl groups excluding tert-OH is 2. The van der Waals surface area contributed by atoms with Crippen LogP contribution in [0.5, 0.6) is 0 Å². The number of hydrogen-bond acceptors (Lipinski definition) is 6. The predicted molar refractivity (Wildman–Crippen MR) is 85.4 cm³/mol. The molecule has 1 aliphatic heterocycles. The third kappa shape index (κ3) is 4.14. The van der Waals surface area contributed by atoms with E-state index in [0.29, 0.717) is 19.6 Å². The van der Waals surface area contributed by atoms with Crippen molar-refractivity contribution in [2.75, 3.05) is 13.6 Å². The molecule has 2 aromatic rings. The van der Waals surface area contributed by atoms with Gasteiger partial charge < -0.3 is 15.5 Å². The van der Waals surface area contributed by atoms with Crippen LogP contribution in [-0.2, 0) is 19.6 Å². The van der Waals surface area contributed by atoms with Crippen LogP contribution in [-0.4, -0.2) is 61.9 Å². The molecule has 0 unspecified atom stereocenters. The Kier molecular flexibility index (Phi) is 5.02. The van der Waals surface area contributed by atoms with Gasteiger partial charge in [0.05, 0.1) is 30.5 Å². The van der Waals surface area contributed by atoms with Gasteiger partial charge in [-0.1, -0.05) is 35.5 Å². The van der Waals surface area contributed by atoms with Crippen LogP contribution < -0.4 is 5.32 Å². The molecule has 2 heterocycles. The van der Waals surface area contributed by atoms with Gasteiger partial charge in [-0.05, 0) is 12.6 Å². The van der Waals surface area contributed by atoms with Crippen molar-refractivity contribution in [2.24, 2.45) is 0 Å². The van der Waals surface area contributed by atoms with Gasteiger partial charge in [-0.15, -0.1) is 5.10 Å². The Bertz CT molecular complexity index is 618. The summed E-state index contributed by atoms with van der Waals surface area (Å²) in [7, 11) is 2.05. The molecule has 1 saturated heterocycles. The number of benzene rings is 1. The Morgan fingerprint density at radius 2 is 2.04 bits per heavy atom. The zero-order chi connectivity index (χ0) is 16.2. The summed E-state index contributed by atoms with van der Waals surface area (Å²) >= 11 is 0. The Morgan fingerprint density at radius 1 is 1.26 bits per heavy atom. The number of nitrogens with zero attached hydrogens (tertiary/aromatic N) is 4. The number of aromatic nitrogens is 3. The molecule has 0 amide bonds. The van der Waals surface area contributed by atoms with E-state index in [1.807, 2.05) is 31.4 Å². The van der Waals surface area contributed by atoms with Gasteiger partial charge >= 0.3 is 0 Å².